The van der Waals surface area contributed by atoms with Gasteiger partial charge in [-0.05, 0) is 48.7 Å². The van der Waals surface area contributed by atoms with Crippen molar-refractivity contribution in [2.24, 2.45) is 4.99 Å². The Bertz CT molecular complexity index is 672. The van der Waals surface area contributed by atoms with Gasteiger partial charge in [0.2, 0.25) is 0 Å². The van der Waals surface area contributed by atoms with Crippen LogP contribution in [0, 0.1) is 6.92 Å². The minimum atomic E-state index is 0.670. The monoisotopic (exact) mass is 341 g/mol. The summed E-state index contributed by atoms with van der Waals surface area (Å²) in [6.07, 6.45) is 0.897. The van der Waals surface area contributed by atoms with E-state index in [2.05, 4.69) is 28.6 Å². The van der Waals surface area contributed by atoms with E-state index >= 15 is 0 Å². The van der Waals surface area contributed by atoms with Crippen molar-refractivity contribution in [2.45, 2.75) is 19.9 Å². The molecule has 5 heteroatoms. The van der Waals surface area contributed by atoms with Crippen molar-refractivity contribution in [3.8, 4) is 11.5 Å². The fourth-order valence-electron chi connectivity index (χ4n) is 2.44. The fourth-order valence-corrected chi connectivity index (χ4v) is 2.44. The number of guanidine groups is 1. The number of nitrogens with zero attached hydrogens (tertiary/aromatic N) is 1. The minimum Gasteiger partial charge on any atom is -0.497 e. The van der Waals surface area contributed by atoms with Crippen molar-refractivity contribution >= 4 is 5.96 Å². The predicted octanol–water partition coefficient (Wildman–Crippen LogP) is 3.14. The highest BCUT2D eigenvalue weighted by molar-refractivity contribution is 5.79. The van der Waals surface area contributed by atoms with Crippen LogP contribution >= 0.6 is 0 Å². The molecular formula is C20H27N3O2. The van der Waals surface area contributed by atoms with E-state index in [1.165, 1.54) is 5.56 Å². The second-order valence-corrected chi connectivity index (χ2v) is 5.73. The Kier molecular flexibility index (Phi) is 7.63. The quantitative estimate of drug-likeness (QED) is 0.440. The summed E-state index contributed by atoms with van der Waals surface area (Å²) in [6, 6.07) is 16.0. The zero-order chi connectivity index (χ0) is 17.9. The Balaban J connectivity index is 1.69. The molecule has 0 aliphatic carbocycles. The van der Waals surface area contributed by atoms with Crippen molar-refractivity contribution < 1.29 is 9.47 Å². The first-order chi connectivity index (χ1) is 12.2. The van der Waals surface area contributed by atoms with Crippen LogP contribution in [0.1, 0.15) is 17.5 Å². The Morgan fingerprint density at radius 2 is 1.84 bits per heavy atom. The molecule has 2 aromatic carbocycles. The largest absolute Gasteiger partial charge is 0.497 e. The van der Waals surface area contributed by atoms with E-state index < -0.39 is 0 Å². The second-order valence-electron chi connectivity index (χ2n) is 5.73. The number of ether oxygens (including phenoxy) is 2. The van der Waals surface area contributed by atoms with Crippen molar-refractivity contribution in [2.75, 3.05) is 27.3 Å². The summed E-state index contributed by atoms with van der Waals surface area (Å²) in [5.41, 5.74) is 2.34. The highest BCUT2D eigenvalue weighted by Gasteiger charge is 2.01. The lowest BCUT2D eigenvalue weighted by Gasteiger charge is -2.13. The average Bonchev–Trinajstić information content (AvgIpc) is 2.64. The number of nitrogens with one attached hydrogen (secondary N) is 2. The van der Waals surface area contributed by atoms with Gasteiger partial charge in [-0.15, -0.1) is 0 Å². The maximum atomic E-state index is 5.68. The van der Waals surface area contributed by atoms with Crippen LogP contribution in [0.25, 0.3) is 0 Å². The molecule has 0 saturated carbocycles. The van der Waals surface area contributed by atoms with Crippen molar-refractivity contribution in [3.63, 3.8) is 0 Å². The third-order valence-electron chi connectivity index (χ3n) is 3.66. The summed E-state index contributed by atoms with van der Waals surface area (Å²) in [5, 5.41) is 6.61. The van der Waals surface area contributed by atoms with Gasteiger partial charge >= 0.3 is 0 Å². The van der Waals surface area contributed by atoms with Crippen LogP contribution in [-0.2, 0) is 6.54 Å². The van der Waals surface area contributed by atoms with Gasteiger partial charge in [-0.2, -0.15) is 0 Å². The lowest BCUT2D eigenvalue weighted by molar-refractivity contribution is 0.311. The number of para-hydroxylation sites is 1. The summed E-state index contributed by atoms with van der Waals surface area (Å²) in [5.74, 6) is 2.55. The number of hydrogen-bond donors (Lipinski definition) is 2. The predicted molar refractivity (Wildman–Crippen MR) is 102 cm³/mol. The number of aliphatic imine (C=N–C) groups is 1. The van der Waals surface area contributed by atoms with Gasteiger partial charge in [0.25, 0.3) is 0 Å². The van der Waals surface area contributed by atoms with Crippen LogP contribution in [-0.4, -0.2) is 33.3 Å². The average molecular weight is 341 g/mol. The molecule has 0 aliphatic heterocycles. The zero-order valence-corrected chi connectivity index (χ0v) is 15.2. The highest BCUT2D eigenvalue weighted by Crippen LogP contribution is 2.16. The molecule has 2 N–H and O–H groups in total. The molecule has 0 aromatic heterocycles. The smallest absolute Gasteiger partial charge is 0.191 e. The van der Waals surface area contributed by atoms with Gasteiger partial charge in [-0.1, -0.05) is 24.3 Å². The molecular weight excluding hydrogens is 314 g/mol. The van der Waals surface area contributed by atoms with Gasteiger partial charge in [0, 0.05) is 20.1 Å². The fraction of sp³-hybridized carbons (Fsp3) is 0.350. The summed E-state index contributed by atoms with van der Waals surface area (Å²) in [7, 11) is 3.45. The first-order valence-corrected chi connectivity index (χ1v) is 8.48. The van der Waals surface area contributed by atoms with Gasteiger partial charge in [0.15, 0.2) is 5.96 Å². The minimum absolute atomic E-state index is 0.670. The zero-order valence-electron chi connectivity index (χ0n) is 15.2. The maximum absolute atomic E-state index is 5.68. The van der Waals surface area contributed by atoms with Crippen LogP contribution < -0.4 is 20.1 Å². The van der Waals surface area contributed by atoms with E-state index in [9.17, 15) is 0 Å². The maximum Gasteiger partial charge on any atom is 0.191 e. The van der Waals surface area contributed by atoms with E-state index in [0.29, 0.717) is 13.2 Å². The molecule has 0 bridgehead atoms. The van der Waals surface area contributed by atoms with Crippen LogP contribution in [0.3, 0.4) is 0 Å². The molecule has 5 nitrogen and oxygen atoms in total. The van der Waals surface area contributed by atoms with Crippen molar-refractivity contribution in [1.29, 1.82) is 0 Å². The Labute approximate surface area is 150 Å². The first-order valence-electron chi connectivity index (χ1n) is 8.48. The Hall–Kier alpha value is -2.69. The Morgan fingerprint density at radius 1 is 1.04 bits per heavy atom. The van der Waals surface area contributed by atoms with Gasteiger partial charge in [0.05, 0.1) is 13.7 Å². The van der Waals surface area contributed by atoms with Gasteiger partial charge in [-0.3, -0.25) is 4.99 Å². The Morgan fingerprint density at radius 3 is 2.56 bits per heavy atom. The molecule has 0 amide bonds. The van der Waals surface area contributed by atoms with E-state index in [4.69, 9.17) is 9.47 Å². The van der Waals surface area contributed by atoms with E-state index in [0.717, 1.165) is 36.0 Å². The normalized spacial score (nSPS) is 11.1. The molecule has 0 atom stereocenters. The topological polar surface area (TPSA) is 54.9 Å². The molecule has 2 rings (SSSR count). The molecule has 134 valence electrons. The van der Waals surface area contributed by atoms with Gasteiger partial charge < -0.3 is 20.1 Å². The standard InChI is InChI=1S/C20H27N3O2/c1-16-12-17(14-19(13-16)24-3)15-23-20(21-2)22-10-7-11-25-18-8-5-4-6-9-18/h4-6,8-9,12-14H,7,10-11,15H2,1-3H3,(H2,21,22,23). The van der Waals surface area contributed by atoms with E-state index in [1.54, 1.807) is 14.2 Å². The third-order valence-corrected chi connectivity index (χ3v) is 3.66. The number of benzene rings is 2. The number of aryl methyl sites for hydroxylation is 1. The molecule has 0 saturated heterocycles. The molecule has 0 radical (unpaired) electrons. The summed E-state index contributed by atoms with van der Waals surface area (Å²) >= 11 is 0. The SMILES string of the molecule is CN=C(NCCCOc1ccccc1)NCc1cc(C)cc(OC)c1. The van der Waals surface area contributed by atoms with Gasteiger partial charge in [0.1, 0.15) is 11.5 Å². The van der Waals surface area contributed by atoms with Gasteiger partial charge in [-0.25, -0.2) is 0 Å². The molecule has 0 spiro atoms. The van der Waals surface area contributed by atoms with Crippen LogP contribution in [0.2, 0.25) is 0 Å². The van der Waals surface area contributed by atoms with Crippen LogP contribution in [0.4, 0.5) is 0 Å². The summed E-state index contributed by atoms with van der Waals surface area (Å²) < 4.78 is 11.0. The van der Waals surface area contributed by atoms with Crippen LogP contribution in [0.15, 0.2) is 53.5 Å². The lowest BCUT2D eigenvalue weighted by atomic mass is 10.1. The second kappa shape index (κ2) is 10.2. The first kappa shape index (κ1) is 18.6. The third kappa shape index (κ3) is 6.75. The van der Waals surface area contributed by atoms with Crippen molar-refractivity contribution in [3.05, 3.63) is 59.7 Å². The number of hydrogen-bond acceptors (Lipinski definition) is 3. The molecule has 0 aliphatic rings. The molecule has 25 heavy (non-hydrogen) atoms. The number of rotatable bonds is 8. The highest BCUT2D eigenvalue weighted by atomic mass is 16.5. The molecule has 0 heterocycles. The molecule has 2 aromatic rings. The number of methoxy groups -OCH3 is 1. The summed E-state index contributed by atoms with van der Waals surface area (Å²) in [6.45, 7) is 4.22. The van der Waals surface area contributed by atoms with Crippen LogP contribution in [0.5, 0.6) is 11.5 Å². The van der Waals surface area contributed by atoms with E-state index in [1.807, 2.05) is 42.5 Å². The molecule has 0 unspecified atom stereocenters. The summed E-state index contributed by atoms with van der Waals surface area (Å²) in [4.78, 5) is 4.25. The van der Waals surface area contributed by atoms with Crippen molar-refractivity contribution in [1.82, 2.24) is 10.6 Å². The van der Waals surface area contributed by atoms with E-state index in [-0.39, 0.29) is 0 Å². The molecule has 0 fully saturated rings. The lowest BCUT2D eigenvalue weighted by Crippen LogP contribution is -2.37.